The van der Waals surface area contributed by atoms with Crippen LogP contribution in [0.2, 0.25) is 5.02 Å². The average Bonchev–Trinajstić information content (AvgIpc) is 2.16. The maximum Gasteiger partial charge on any atom is 0.120 e. The van der Waals surface area contributed by atoms with Crippen LogP contribution < -0.4 is 4.74 Å². The van der Waals surface area contributed by atoms with E-state index in [9.17, 15) is 0 Å². The van der Waals surface area contributed by atoms with Gasteiger partial charge in [-0.25, -0.2) is 0 Å². The summed E-state index contributed by atoms with van der Waals surface area (Å²) < 4.78 is 5.00. The highest BCUT2D eigenvalue weighted by molar-refractivity contribution is 6.31. The minimum atomic E-state index is 0.308. The quantitative estimate of drug-likeness (QED) is 0.517. The number of methoxy groups -OCH3 is 1. The molecule has 0 bridgehead atoms. The van der Waals surface area contributed by atoms with Gasteiger partial charge in [0.2, 0.25) is 0 Å². The molecule has 0 saturated heterocycles. The van der Waals surface area contributed by atoms with Gasteiger partial charge in [0.15, 0.2) is 0 Å². The second-order valence-corrected chi connectivity index (χ2v) is 2.96. The molecule has 1 aromatic rings. The van der Waals surface area contributed by atoms with Crippen LogP contribution >= 0.6 is 23.2 Å². The highest BCUT2D eigenvalue weighted by atomic mass is 35.5. The summed E-state index contributed by atoms with van der Waals surface area (Å²) in [7, 11) is 1.59. The van der Waals surface area contributed by atoms with Gasteiger partial charge in [-0.05, 0) is 18.2 Å². The first kappa shape index (κ1) is 10.2. The van der Waals surface area contributed by atoms with Crippen molar-refractivity contribution >= 4 is 23.2 Å². The first-order valence-electron chi connectivity index (χ1n) is 3.66. The van der Waals surface area contributed by atoms with Crippen LogP contribution in [0.3, 0.4) is 0 Å². The van der Waals surface area contributed by atoms with E-state index in [1.165, 1.54) is 0 Å². The smallest absolute Gasteiger partial charge is 0.120 e. The minimum absolute atomic E-state index is 0.308. The van der Waals surface area contributed by atoms with Crippen molar-refractivity contribution in [2.75, 3.05) is 13.0 Å². The van der Waals surface area contributed by atoms with Gasteiger partial charge in [-0.2, -0.15) is 0 Å². The summed E-state index contributed by atoms with van der Waals surface area (Å²) in [6.07, 6.45) is 0. The molecule has 0 heterocycles. The van der Waals surface area contributed by atoms with Gasteiger partial charge in [-0.1, -0.05) is 23.4 Å². The van der Waals surface area contributed by atoms with Crippen molar-refractivity contribution in [1.29, 1.82) is 0 Å². The van der Waals surface area contributed by atoms with Gasteiger partial charge < -0.3 is 4.74 Å². The zero-order chi connectivity index (χ0) is 9.68. The molecule has 0 N–H and O–H groups in total. The van der Waals surface area contributed by atoms with E-state index in [1.807, 2.05) is 6.07 Å². The van der Waals surface area contributed by atoms with E-state index >= 15 is 0 Å². The van der Waals surface area contributed by atoms with E-state index < -0.39 is 0 Å². The molecule has 13 heavy (non-hydrogen) atoms. The topological polar surface area (TPSA) is 9.23 Å². The van der Waals surface area contributed by atoms with Crippen molar-refractivity contribution in [3.63, 3.8) is 0 Å². The summed E-state index contributed by atoms with van der Waals surface area (Å²) in [4.78, 5) is 0. The third kappa shape index (κ3) is 2.84. The summed E-state index contributed by atoms with van der Waals surface area (Å²) in [5.74, 6) is 6.61. The molecule has 0 spiro atoms. The molecule has 0 atom stereocenters. The molecule has 0 unspecified atom stereocenters. The van der Waals surface area contributed by atoms with Gasteiger partial charge in [0.05, 0.1) is 18.0 Å². The Morgan fingerprint density at radius 2 is 2.23 bits per heavy atom. The normalized spacial score (nSPS) is 8.85. The van der Waals surface area contributed by atoms with Crippen LogP contribution in [-0.4, -0.2) is 13.0 Å². The van der Waals surface area contributed by atoms with Crippen molar-refractivity contribution < 1.29 is 4.74 Å². The summed E-state index contributed by atoms with van der Waals surface area (Å²) in [5.41, 5.74) is 0.767. The molecular formula is C10H8Cl2O. The molecule has 0 aliphatic heterocycles. The van der Waals surface area contributed by atoms with E-state index in [0.29, 0.717) is 10.9 Å². The molecule has 0 aliphatic carbocycles. The molecule has 0 fully saturated rings. The minimum Gasteiger partial charge on any atom is -0.497 e. The number of alkyl halides is 1. The van der Waals surface area contributed by atoms with Crippen molar-refractivity contribution in [2.24, 2.45) is 0 Å². The van der Waals surface area contributed by atoms with Gasteiger partial charge >= 0.3 is 0 Å². The molecule has 1 aromatic carbocycles. The van der Waals surface area contributed by atoms with Crippen LogP contribution in [0.5, 0.6) is 5.75 Å². The van der Waals surface area contributed by atoms with Crippen LogP contribution in [0.15, 0.2) is 18.2 Å². The predicted octanol–water partition coefficient (Wildman–Crippen LogP) is 2.94. The van der Waals surface area contributed by atoms with Gasteiger partial charge in [0, 0.05) is 5.56 Å². The summed E-state index contributed by atoms with van der Waals surface area (Å²) in [6, 6.07) is 5.34. The average molecular weight is 215 g/mol. The Labute approximate surface area is 87.6 Å². The molecule has 0 radical (unpaired) electrons. The number of hydrogen-bond donors (Lipinski definition) is 0. The van der Waals surface area contributed by atoms with E-state index in [-0.39, 0.29) is 0 Å². The zero-order valence-corrected chi connectivity index (χ0v) is 8.62. The third-order valence-corrected chi connectivity index (χ3v) is 1.91. The number of benzene rings is 1. The standard InChI is InChI=1S/C10H8Cl2O/c1-13-9-5-4-8(3-2-6-11)10(12)7-9/h4-5,7H,6H2,1H3. The highest BCUT2D eigenvalue weighted by Gasteiger charge is 1.98. The van der Waals surface area contributed by atoms with Crippen LogP contribution in [0, 0.1) is 11.8 Å². The largest absolute Gasteiger partial charge is 0.497 e. The fourth-order valence-corrected chi connectivity index (χ4v) is 1.14. The molecule has 1 rings (SSSR count). The van der Waals surface area contributed by atoms with E-state index in [4.69, 9.17) is 27.9 Å². The maximum atomic E-state index is 5.92. The maximum absolute atomic E-state index is 5.92. The van der Waals surface area contributed by atoms with Crippen LogP contribution in [-0.2, 0) is 0 Å². The third-order valence-electron chi connectivity index (χ3n) is 1.47. The first-order valence-corrected chi connectivity index (χ1v) is 4.57. The van der Waals surface area contributed by atoms with Crippen LogP contribution in [0.4, 0.5) is 0 Å². The van der Waals surface area contributed by atoms with Gasteiger partial charge in [0.25, 0.3) is 0 Å². The van der Waals surface area contributed by atoms with E-state index in [1.54, 1.807) is 19.2 Å². The molecule has 0 aromatic heterocycles. The highest BCUT2D eigenvalue weighted by Crippen LogP contribution is 2.21. The van der Waals surface area contributed by atoms with Crippen molar-refractivity contribution in [3.8, 4) is 17.6 Å². The number of halogens is 2. The van der Waals surface area contributed by atoms with Crippen LogP contribution in [0.25, 0.3) is 0 Å². The number of ether oxygens (including phenoxy) is 1. The Balaban J connectivity index is 2.98. The molecule has 3 heteroatoms. The molecule has 0 amide bonds. The van der Waals surface area contributed by atoms with Crippen molar-refractivity contribution in [3.05, 3.63) is 28.8 Å². The fourth-order valence-electron chi connectivity index (χ4n) is 0.853. The second-order valence-electron chi connectivity index (χ2n) is 2.28. The first-order chi connectivity index (χ1) is 6.27. The Morgan fingerprint density at radius 1 is 1.46 bits per heavy atom. The van der Waals surface area contributed by atoms with Gasteiger partial charge in [-0.15, -0.1) is 11.6 Å². The molecule has 0 saturated carbocycles. The Bertz CT molecular complexity index is 350. The monoisotopic (exact) mass is 214 g/mol. The molecule has 68 valence electrons. The fraction of sp³-hybridized carbons (Fsp3) is 0.200. The number of hydrogen-bond acceptors (Lipinski definition) is 1. The van der Waals surface area contributed by atoms with E-state index in [0.717, 1.165) is 11.3 Å². The summed E-state index contributed by atoms with van der Waals surface area (Å²) >= 11 is 11.3. The lowest BCUT2D eigenvalue weighted by Crippen LogP contribution is -1.84. The summed E-state index contributed by atoms with van der Waals surface area (Å²) in [5, 5.41) is 0.581. The predicted molar refractivity (Wildman–Crippen MR) is 55.6 cm³/mol. The second kappa shape index (κ2) is 5.01. The number of rotatable bonds is 1. The molecule has 1 nitrogen and oxygen atoms in total. The van der Waals surface area contributed by atoms with Crippen molar-refractivity contribution in [2.45, 2.75) is 0 Å². The zero-order valence-electron chi connectivity index (χ0n) is 7.10. The molecule has 0 aliphatic rings. The Morgan fingerprint density at radius 3 is 2.77 bits per heavy atom. The lowest BCUT2D eigenvalue weighted by Gasteiger charge is -2.00. The molecular weight excluding hydrogens is 207 g/mol. The lowest BCUT2D eigenvalue weighted by atomic mass is 10.2. The van der Waals surface area contributed by atoms with E-state index in [2.05, 4.69) is 11.8 Å². The van der Waals surface area contributed by atoms with Gasteiger partial charge in [0.1, 0.15) is 5.75 Å². The Kier molecular flexibility index (Phi) is 3.95. The van der Waals surface area contributed by atoms with Gasteiger partial charge in [-0.3, -0.25) is 0 Å². The lowest BCUT2D eigenvalue weighted by molar-refractivity contribution is 0.415. The Hall–Kier alpha value is -0.840. The SMILES string of the molecule is COc1ccc(C#CCCl)c(Cl)c1. The summed E-state index contributed by atoms with van der Waals surface area (Å²) in [6.45, 7) is 0. The van der Waals surface area contributed by atoms with Crippen LogP contribution in [0.1, 0.15) is 5.56 Å². The van der Waals surface area contributed by atoms with Crippen molar-refractivity contribution in [1.82, 2.24) is 0 Å².